The van der Waals surface area contributed by atoms with E-state index in [-0.39, 0.29) is 18.1 Å². The molecule has 0 radical (unpaired) electrons. The lowest BCUT2D eigenvalue weighted by Gasteiger charge is -2.41. The van der Waals surface area contributed by atoms with Crippen LogP contribution in [0.5, 0.6) is 11.5 Å². The van der Waals surface area contributed by atoms with Gasteiger partial charge in [-0.3, -0.25) is 4.79 Å². The number of nitrogens with two attached hydrogens (primary N) is 1. The zero-order valence-electron chi connectivity index (χ0n) is 12.4. The minimum absolute atomic E-state index is 0.0558. The Morgan fingerprint density at radius 1 is 1.33 bits per heavy atom. The van der Waals surface area contributed by atoms with Crippen LogP contribution in [0.1, 0.15) is 31.2 Å². The Morgan fingerprint density at radius 2 is 2.10 bits per heavy atom. The molecular weight excluding hydrogens is 268 g/mol. The first-order valence-corrected chi connectivity index (χ1v) is 7.44. The van der Waals surface area contributed by atoms with Gasteiger partial charge in [0.05, 0.1) is 0 Å². The fourth-order valence-corrected chi connectivity index (χ4v) is 2.99. The summed E-state index contributed by atoms with van der Waals surface area (Å²) >= 11 is 0. The van der Waals surface area contributed by atoms with Crippen molar-refractivity contribution in [2.45, 2.75) is 32.2 Å². The molecule has 1 aliphatic carbocycles. The Bertz CT molecular complexity index is 535. The quantitative estimate of drug-likeness (QED) is 0.899. The third-order valence-electron chi connectivity index (χ3n) is 4.66. The van der Waals surface area contributed by atoms with Gasteiger partial charge in [-0.1, -0.05) is 12.5 Å². The van der Waals surface area contributed by atoms with Gasteiger partial charge in [0.2, 0.25) is 12.7 Å². The van der Waals surface area contributed by atoms with Crippen LogP contribution >= 0.6 is 0 Å². The molecule has 1 aliphatic heterocycles. The molecule has 1 saturated carbocycles. The van der Waals surface area contributed by atoms with Gasteiger partial charge in [-0.15, -0.1) is 0 Å². The molecule has 2 aliphatic rings. The molecule has 1 aromatic rings. The Hall–Kier alpha value is -1.75. The molecule has 1 heterocycles. The number of benzene rings is 1. The molecule has 21 heavy (non-hydrogen) atoms. The molecule has 0 spiro atoms. The fraction of sp³-hybridized carbons (Fsp3) is 0.562. The van der Waals surface area contributed by atoms with Crippen LogP contribution in [0, 0.1) is 5.41 Å². The van der Waals surface area contributed by atoms with Crippen LogP contribution in [0.3, 0.4) is 0 Å². The monoisotopic (exact) mass is 290 g/mol. The van der Waals surface area contributed by atoms with Gasteiger partial charge in [0.15, 0.2) is 11.5 Å². The van der Waals surface area contributed by atoms with Gasteiger partial charge in [0.25, 0.3) is 0 Å². The number of amides is 1. The van der Waals surface area contributed by atoms with E-state index < -0.39 is 0 Å². The summed E-state index contributed by atoms with van der Waals surface area (Å²) in [5, 5.41) is 0. The van der Waals surface area contributed by atoms with Gasteiger partial charge in [0, 0.05) is 20.0 Å². The fourth-order valence-electron chi connectivity index (χ4n) is 2.99. The van der Waals surface area contributed by atoms with E-state index >= 15 is 0 Å². The molecule has 3 rings (SSSR count). The lowest BCUT2D eigenvalue weighted by atomic mass is 9.66. The van der Waals surface area contributed by atoms with Crippen LogP contribution in [0.2, 0.25) is 0 Å². The summed E-state index contributed by atoms with van der Waals surface area (Å²) in [6.45, 7) is 1.46. The number of hydrogen-bond donors (Lipinski definition) is 1. The predicted octanol–water partition coefficient (Wildman–Crippen LogP) is 1.89. The molecule has 1 fully saturated rings. The van der Waals surface area contributed by atoms with Gasteiger partial charge in [-0.25, -0.2) is 0 Å². The summed E-state index contributed by atoms with van der Waals surface area (Å²) in [5.41, 5.74) is 6.93. The number of nitrogens with zero attached hydrogens (tertiary/aromatic N) is 1. The van der Waals surface area contributed by atoms with Gasteiger partial charge in [-0.05, 0) is 42.5 Å². The number of hydrogen-bond acceptors (Lipinski definition) is 4. The normalized spacial score (nSPS) is 18.2. The summed E-state index contributed by atoms with van der Waals surface area (Å²) in [6, 6.07) is 5.80. The van der Waals surface area contributed by atoms with E-state index in [1.165, 1.54) is 6.42 Å². The molecule has 1 amide bonds. The molecule has 114 valence electrons. The highest BCUT2D eigenvalue weighted by molar-refractivity contribution is 5.76. The number of fused-ring (bicyclic) bond motifs is 1. The Kier molecular flexibility index (Phi) is 3.76. The van der Waals surface area contributed by atoms with Gasteiger partial charge in [-0.2, -0.15) is 0 Å². The van der Waals surface area contributed by atoms with Crippen LogP contribution in [0.4, 0.5) is 0 Å². The SMILES string of the molecule is CN(Cc1ccc2c(c1)OCO2)C(=O)CC1(CN)CCC1. The van der Waals surface area contributed by atoms with Crippen molar-refractivity contribution in [2.75, 3.05) is 20.4 Å². The Morgan fingerprint density at radius 3 is 2.76 bits per heavy atom. The van der Waals surface area contributed by atoms with Crippen molar-refractivity contribution in [3.63, 3.8) is 0 Å². The average Bonchev–Trinajstić information content (AvgIpc) is 2.90. The van der Waals surface area contributed by atoms with E-state index in [2.05, 4.69) is 0 Å². The van der Waals surface area contributed by atoms with Gasteiger partial charge < -0.3 is 20.1 Å². The van der Waals surface area contributed by atoms with Crippen molar-refractivity contribution < 1.29 is 14.3 Å². The first-order chi connectivity index (χ1) is 10.1. The van der Waals surface area contributed by atoms with E-state index in [0.29, 0.717) is 19.5 Å². The first-order valence-electron chi connectivity index (χ1n) is 7.44. The Balaban J connectivity index is 1.60. The minimum Gasteiger partial charge on any atom is -0.454 e. The van der Waals surface area contributed by atoms with Gasteiger partial charge >= 0.3 is 0 Å². The predicted molar refractivity (Wildman–Crippen MR) is 79.0 cm³/mol. The van der Waals surface area contributed by atoms with Crippen LogP contribution in [-0.4, -0.2) is 31.2 Å². The molecular formula is C16H22N2O3. The van der Waals surface area contributed by atoms with Crippen molar-refractivity contribution in [1.82, 2.24) is 4.90 Å². The topological polar surface area (TPSA) is 64.8 Å². The highest BCUT2D eigenvalue weighted by Crippen LogP contribution is 2.43. The van der Waals surface area contributed by atoms with Crippen molar-refractivity contribution >= 4 is 5.91 Å². The molecule has 0 atom stereocenters. The summed E-state index contributed by atoms with van der Waals surface area (Å²) in [5.74, 6) is 1.69. The zero-order chi connectivity index (χ0) is 14.9. The lowest BCUT2D eigenvalue weighted by molar-refractivity contribution is -0.134. The smallest absolute Gasteiger partial charge is 0.231 e. The lowest BCUT2D eigenvalue weighted by Crippen LogP contribution is -2.42. The largest absolute Gasteiger partial charge is 0.454 e. The highest BCUT2D eigenvalue weighted by atomic mass is 16.7. The summed E-state index contributed by atoms with van der Waals surface area (Å²) in [7, 11) is 1.84. The molecule has 0 saturated heterocycles. The molecule has 2 N–H and O–H groups in total. The number of rotatable bonds is 5. The average molecular weight is 290 g/mol. The maximum absolute atomic E-state index is 12.4. The highest BCUT2D eigenvalue weighted by Gasteiger charge is 2.38. The van der Waals surface area contributed by atoms with Crippen molar-refractivity contribution in [2.24, 2.45) is 11.1 Å². The van der Waals surface area contributed by atoms with Crippen LogP contribution < -0.4 is 15.2 Å². The number of carbonyl (C=O) groups is 1. The van der Waals surface area contributed by atoms with Crippen molar-refractivity contribution in [1.29, 1.82) is 0 Å². The second-order valence-corrected chi connectivity index (χ2v) is 6.17. The van der Waals surface area contributed by atoms with Crippen LogP contribution in [-0.2, 0) is 11.3 Å². The molecule has 5 heteroatoms. The third-order valence-corrected chi connectivity index (χ3v) is 4.66. The van der Waals surface area contributed by atoms with E-state index in [9.17, 15) is 4.79 Å². The standard InChI is InChI=1S/C16H22N2O3/c1-18(15(19)8-16(10-17)5-2-6-16)9-12-3-4-13-14(7-12)21-11-20-13/h3-4,7H,2,5-6,8-11,17H2,1H3. The Labute approximate surface area is 125 Å². The van der Waals surface area contributed by atoms with Crippen LogP contribution in [0.15, 0.2) is 18.2 Å². The van der Waals surface area contributed by atoms with E-state index in [0.717, 1.165) is 29.9 Å². The second kappa shape index (κ2) is 5.56. The number of carbonyl (C=O) groups excluding carboxylic acids is 1. The molecule has 5 nitrogen and oxygen atoms in total. The van der Waals surface area contributed by atoms with Crippen molar-refractivity contribution in [3.8, 4) is 11.5 Å². The zero-order valence-corrected chi connectivity index (χ0v) is 12.4. The second-order valence-electron chi connectivity index (χ2n) is 6.17. The third kappa shape index (κ3) is 2.83. The number of ether oxygens (including phenoxy) is 2. The summed E-state index contributed by atoms with van der Waals surface area (Å²) < 4.78 is 10.7. The van der Waals surface area contributed by atoms with E-state index in [1.54, 1.807) is 4.90 Å². The first kappa shape index (κ1) is 14.2. The summed E-state index contributed by atoms with van der Waals surface area (Å²) in [6.07, 6.45) is 3.90. The van der Waals surface area contributed by atoms with E-state index in [1.807, 2.05) is 25.2 Å². The molecule has 1 aromatic carbocycles. The van der Waals surface area contributed by atoms with E-state index in [4.69, 9.17) is 15.2 Å². The molecule has 0 aromatic heterocycles. The minimum atomic E-state index is 0.0558. The van der Waals surface area contributed by atoms with Crippen molar-refractivity contribution in [3.05, 3.63) is 23.8 Å². The molecule has 0 unspecified atom stereocenters. The summed E-state index contributed by atoms with van der Waals surface area (Å²) in [4.78, 5) is 14.1. The maximum atomic E-state index is 12.4. The molecule has 0 bridgehead atoms. The van der Waals surface area contributed by atoms with Crippen LogP contribution in [0.25, 0.3) is 0 Å². The maximum Gasteiger partial charge on any atom is 0.231 e. The van der Waals surface area contributed by atoms with Gasteiger partial charge in [0.1, 0.15) is 0 Å².